The molecule has 2 rings (SSSR count). The first-order valence-corrected chi connectivity index (χ1v) is 6.18. The average Bonchev–Trinajstić information content (AvgIpc) is 2.73. The smallest absolute Gasteiger partial charge is 0.0406 e. The van der Waals surface area contributed by atoms with Crippen molar-refractivity contribution in [2.45, 2.75) is 13.0 Å². The Balaban J connectivity index is 1.71. The van der Waals surface area contributed by atoms with Crippen molar-refractivity contribution >= 4 is 11.6 Å². The zero-order valence-electron chi connectivity index (χ0n) is 9.99. The molecule has 17 heavy (non-hydrogen) atoms. The number of aryl methyl sites for hydroxylation is 1. The van der Waals surface area contributed by atoms with Gasteiger partial charge in [0.05, 0.1) is 0 Å². The summed E-state index contributed by atoms with van der Waals surface area (Å²) in [7, 11) is 2.04. The van der Waals surface area contributed by atoms with Crippen molar-refractivity contribution in [3.05, 3.63) is 58.9 Å². The molecule has 3 heteroatoms. The van der Waals surface area contributed by atoms with Gasteiger partial charge >= 0.3 is 0 Å². The van der Waals surface area contributed by atoms with E-state index in [1.165, 1.54) is 11.1 Å². The minimum absolute atomic E-state index is 0.797. The van der Waals surface area contributed by atoms with Gasteiger partial charge in [-0.2, -0.15) is 0 Å². The van der Waals surface area contributed by atoms with Crippen LogP contribution in [0.2, 0.25) is 5.02 Å². The van der Waals surface area contributed by atoms with E-state index in [4.69, 9.17) is 11.6 Å². The molecule has 0 unspecified atom stereocenters. The topological polar surface area (TPSA) is 17.0 Å². The summed E-state index contributed by atoms with van der Waals surface area (Å²) >= 11 is 5.84. The zero-order valence-corrected chi connectivity index (χ0v) is 10.7. The predicted molar refractivity (Wildman–Crippen MR) is 72.3 cm³/mol. The van der Waals surface area contributed by atoms with Gasteiger partial charge in [-0.15, -0.1) is 0 Å². The van der Waals surface area contributed by atoms with Crippen molar-refractivity contribution in [3.63, 3.8) is 0 Å². The molecule has 0 spiro atoms. The van der Waals surface area contributed by atoms with Crippen LogP contribution in [0, 0.1) is 0 Å². The molecule has 0 saturated carbocycles. The third-order valence-corrected chi connectivity index (χ3v) is 2.98. The summed E-state index contributed by atoms with van der Waals surface area (Å²) in [6.45, 7) is 1.91. The fourth-order valence-electron chi connectivity index (χ4n) is 1.78. The number of nitrogens with one attached hydrogen (secondary N) is 1. The molecular formula is C14H17ClN2. The molecule has 2 aromatic rings. The summed E-state index contributed by atoms with van der Waals surface area (Å²) in [5.41, 5.74) is 2.64. The molecule has 0 aliphatic heterocycles. The monoisotopic (exact) mass is 248 g/mol. The Morgan fingerprint density at radius 2 is 1.88 bits per heavy atom. The van der Waals surface area contributed by atoms with E-state index < -0.39 is 0 Å². The summed E-state index contributed by atoms with van der Waals surface area (Å²) in [5.74, 6) is 0. The Hall–Kier alpha value is -1.25. The lowest BCUT2D eigenvalue weighted by Crippen LogP contribution is -2.16. The van der Waals surface area contributed by atoms with Gasteiger partial charge in [-0.1, -0.05) is 23.7 Å². The summed E-state index contributed by atoms with van der Waals surface area (Å²) in [6, 6.07) is 10.2. The Labute approximate surface area is 107 Å². The molecule has 1 aromatic carbocycles. The highest BCUT2D eigenvalue weighted by Crippen LogP contribution is 2.09. The lowest BCUT2D eigenvalue weighted by Gasteiger charge is -2.03. The maximum Gasteiger partial charge on any atom is 0.0406 e. The molecule has 0 saturated heterocycles. The highest BCUT2D eigenvalue weighted by molar-refractivity contribution is 6.30. The third kappa shape index (κ3) is 3.91. The van der Waals surface area contributed by atoms with E-state index in [0.717, 1.165) is 24.5 Å². The molecule has 0 fully saturated rings. The lowest BCUT2D eigenvalue weighted by molar-refractivity contribution is 0.686. The van der Waals surface area contributed by atoms with Crippen LogP contribution in [0.1, 0.15) is 11.1 Å². The Morgan fingerprint density at radius 3 is 2.53 bits per heavy atom. The van der Waals surface area contributed by atoms with Crippen LogP contribution in [0.25, 0.3) is 0 Å². The molecule has 1 heterocycles. The Morgan fingerprint density at radius 1 is 1.12 bits per heavy atom. The largest absolute Gasteiger partial charge is 0.357 e. The van der Waals surface area contributed by atoms with Crippen LogP contribution in [-0.4, -0.2) is 11.1 Å². The van der Waals surface area contributed by atoms with Gasteiger partial charge in [0.25, 0.3) is 0 Å². The Bertz CT molecular complexity index is 459. The van der Waals surface area contributed by atoms with Gasteiger partial charge in [0.15, 0.2) is 0 Å². The lowest BCUT2D eigenvalue weighted by atomic mass is 10.1. The minimum atomic E-state index is 0.797. The molecule has 2 nitrogen and oxygen atoms in total. The van der Waals surface area contributed by atoms with Gasteiger partial charge < -0.3 is 9.88 Å². The quantitative estimate of drug-likeness (QED) is 0.805. The second kappa shape index (κ2) is 5.89. The third-order valence-electron chi connectivity index (χ3n) is 2.73. The molecule has 0 amide bonds. The number of hydrogen-bond donors (Lipinski definition) is 1. The fourth-order valence-corrected chi connectivity index (χ4v) is 1.91. The van der Waals surface area contributed by atoms with Crippen LogP contribution in [0.15, 0.2) is 42.7 Å². The molecule has 90 valence electrons. The van der Waals surface area contributed by atoms with Crippen LogP contribution in [0.5, 0.6) is 0 Å². The van der Waals surface area contributed by atoms with E-state index in [9.17, 15) is 0 Å². The first-order valence-electron chi connectivity index (χ1n) is 5.80. The summed E-state index contributed by atoms with van der Waals surface area (Å²) in [6.07, 6.45) is 5.23. The fraction of sp³-hybridized carbons (Fsp3) is 0.286. The van der Waals surface area contributed by atoms with E-state index in [1.807, 2.05) is 19.2 Å². The number of halogens is 1. The first-order chi connectivity index (χ1) is 8.24. The van der Waals surface area contributed by atoms with Crippen LogP contribution < -0.4 is 5.32 Å². The number of benzene rings is 1. The second-order valence-electron chi connectivity index (χ2n) is 4.24. The van der Waals surface area contributed by atoms with Crippen molar-refractivity contribution in [2.24, 2.45) is 7.05 Å². The molecular weight excluding hydrogens is 232 g/mol. The average molecular weight is 249 g/mol. The van der Waals surface area contributed by atoms with E-state index >= 15 is 0 Å². The number of hydrogen-bond acceptors (Lipinski definition) is 1. The van der Waals surface area contributed by atoms with Gasteiger partial charge in [-0.25, -0.2) is 0 Å². The van der Waals surface area contributed by atoms with E-state index in [1.54, 1.807) is 0 Å². The Kier molecular flexibility index (Phi) is 4.24. The molecule has 1 N–H and O–H groups in total. The molecule has 0 aliphatic carbocycles. The van der Waals surface area contributed by atoms with Gasteiger partial charge in [-0.05, 0) is 42.3 Å². The number of nitrogens with zero attached hydrogens (tertiary/aromatic N) is 1. The van der Waals surface area contributed by atoms with Crippen molar-refractivity contribution in [1.82, 2.24) is 9.88 Å². The molecule has 0 aliphatic rings. The molecule has 1 aromatic heterocycles. The normalized spacial score (nSPS) is 10.7. The van der Waals surface area contributed by atoms with Crippen LogP contribution in [0.4, 0.5) is 0 Å². The van der Waals surface area contributed by atoms with Gasteiger partial charge in [0.2, 0.25) is 0 Å². The number of aromatic nitrogens is 1. The molecule has 0 radical (unpaired) electrons. The van der Waals surface area contributed by atoms with Crippen LogP contribution in [0.3, 0.4) is 0 Å². The van der Waals surface area contributed by atoms with E-state index in [2.05, 4.69) is 40.5 Å². The molecule has 0 atom stereocenters. The maximum atomic E-state index is 5.84. The van der Waals surface area contributed by atoms with Crippen molar-refractivity contribution < 1.29 is 0 Å². The minimum Gasteiger partial charge on any atom is -0.357 e. The van der Waals surface area contributed by atoms with Crippen LogP contribution >= 0.6 is 11.6 Å². The predicted octanol–water partition coefficient (Wildman–Crippen LogP) is 3.01. The number of rotatable bonds is 5. The van der Waals surface area contributed by atoms with Crippen molar-refractivity contribution in [2.75, 3.05) is 6.54 Å². The standard InChI is InChI=1S/C14H17ClN2/c1-17-9-7-13(11-17)10-16-8-6-12-2-4-14(15)5-3-12/h2-5,7,9,11,16H,6,8,10H2,1H3. The van der Waals surface area contributed by atoms with Crippen molar-refractivity contribution in [3.8, 4) is 0 Å². The zero-order chi connectivity index (χ0) is 12.1. The van der Waals surface area contributed by atoms with Gasteiger partial charge in [0, 0.05) is 31.0 Å². The van der Waals surface area contributed by atoms with E-state index in [0.29, 0.717) is 0 Å². The highest BCUT2D eigenvalue weighted by atomic mass is 35.5. The summed E-state index contributed by atoms with van der Waals surface area (Å²) in [4.78, 5) is 0. The SMILES string of the molecule is Cn1ccc(CNCCc2ccc(Cl)cc2)c1. The van der Waals surface area contributed by atoms with E-state index in [-0.39, 0.29) is 0 Å². The second-order valence-corrected chi connectivity index (χ2v) is 4.67. The highest BCUT2D eigenvalue weighted by Gasteiger charge is 1.95. The van der Waals surface area contributed by atoms with Crippen molar-refractivity contribution in [1.29, 1.82) is 0 Å². The summed E-state index contributed by atoms with van der Waals surface area (Å²) in [5, 5.41) is 4.23. The molecule has 0 bridgehead atoms. The van der Waals surface area contributed by atoms with Crippen LogP contribution in [-0.2, 0) is 20.0 Å². The van der Waals surface area contributed by atoms with Gasteiger partial charge in [-0.3, -0.25) is 0 Å². The summed E-state index contributed by atoms with van der Waals surface area (Å²) < 4.78 is 2.07. The van der Waals surface area contributed by atoms with Gasteiger partial charge in [0.1, 0.15) is 0 Å². The first kappa shape index (κ1) is 12.2. The maximum absolute atomic E-state index is 5.84.